The molecule has 0 bridgehead atoms. The number of hydrogen-bond donors (Lipinski definition) is 1. The van der Waals surface area contributed by atoms with Gasteiger partial charge in [0.2, 0.25) is 5.91 Å². The highest BCUT2D eigenvalue weighted by Crippen LogP contribution is 2.39. The van der Waals surface area contributed by atoms with Crippen molar-refractivity contribution in [3.05, 3.63) is 53.8 Å². The molecule has 0 saturated carbocycles. The van der Waals surface area contributed by atoms with Gasteiger partial charge in [0.25, 0.3) is 0 Å². The quantitative estimate of drug-likeness (QED) is 0.708. The van der Waals surface area contributed by atoms with Crippen molar-refractivity contribution < 1.29 is 13.9 Å². The molecule has 7 heteroatoms. The van der Waals surface area contributed by atoms with Crippen LogP contribution < -0.4 is 19.9 Å². The zero-order valence-electron chi connectivity index (χ0n) is 20.0. The van der Waals surface area contributed by atoms with E-state index in [2.05, 4.69) is 32.1 Å². The van der Waals surface area contributed by atoms with Crippen molar-refractivity contribution in [1.82, 2.24) is 10.2 Å². The highest BCUT2D eigenvalue weighted by Gasteiger charge is 2.41. The molecule has 0 unspecified atom stereocenters. The smallest absolute Gasteiger partial charge is 0.225 e. The number of nitrogens with one attached hydrogen (secondary N) is 1. The first-order valence-corrected chi connectivity index (χ1v) is 12.6. The van der Waals surface area contributed by atoms with Gasteiger partial charge in [0.1, 0.15) is 11.6 Å². The molecule has 182 valence electrons. The van der Waals surface area contributed by atoms with Gasteiger partial charge in [-0.2, -0.15) is 0 Å². The number of halogens is 1. The Labute approximate surface area is 201 Å². The number of likely N-dealkylation sites (tertiary alicyclic amines) is 1. The van der Waals surface area contributed by atoms with Gasteiger partial charge in [0.15, 0.2) is 0 Å². The average molecular weight is 467 g/mol. The zero-order valence-corrected chi connectivity index (χ0v) is 20.0. The maximum Gasteiger partial charge on any atom is 0.225 e. The predicted octanol–water partition coefficient (Wildman–Crippen LogP) is 3.30. The number of amides is 1. The summed E-state index contributed by atoms with van der Waals surface area (Å²) >= 11 is 0. The van der Waals surface area contributed by atoms with E-state index in [4.69, 9.17) is 4.74 Å². The minimum atomic E-state index is -0.230. The molecule has 3 aliphatic heterocycles. The number of nitrogens with zero attached hydrogens (tertiary/aromatic N) is 3. The summed E-state index contributed by atoms with van der Waals surface area (Å²) in [7, 11) is 1.69. The van der Waals surface area contributed by atoms with Crippen LogP contribution in [0.3, 0.4) is 0 Å². The molecule has 34 heavy (non-hydrogen) atoms. The molecular weight excluding hydrogens is 431 g/mol. The Hall–Kier alpha value is -2.80. The number of ether oxygens (including phenoxy) is 1. The van der Waals surface area contributed by atoms with Crippen LogP contribution in [0.4, 0.5) is 15.8 Å². The minimum Gasteiger partial charge on any atom is -0.497 e. The minimum absolute atomic E-state index is 0.0494. The Kier molecular flexibility index (Phi) is 6.90. The summed E-state index contributed by atoms with van der Waals surface area (Å²) in [4.78, 5) is 20.6. The van der Waals surface area contributed by atoms with Crippen LogP contribution in [0.1, 0.15) is 24.8 Å². The third kappa shape index (κ3) is 4.85. The topological polar surface area (TPSA) is 48.1 Å². The molecule has 1 N–H and O–H groups in total. The summed E-state index contributed by atoms with van der Waals surface area (Å²) in [5.41, 5.74) is 3.37. The summed E-state index contributed by atoms with van der Waals surface area (Å²) in [6.07, 6.45) is 4.55. The number of anilines is 2. The van der Waals surface area contributed by atoms with Gasteiger partial charge in [-0.3, -0.25) is 4.79 Å². The number of carbonyl (C=O) groups is 1. The molecule has 2 aromatic carbocycles. The number of fused-ring (bicyclic) bond motifs is 3. The molecule has 2 aromatic rings. The molecule has 2 saturated heterocycles. The second-order valence-electron chi connectivity index (χ2n) is 9.68. The molecule has 5 rings (SSSR count). The second-order valence-corrected chi connectivity index (χ2v) is 9.68. The Morgan fingerprint density at radius 3 is 2.62 bits per heavy atom. The normalized spacial score (nSPS) is 22.6. The number of carbonyl (C=O) groups excluding carboxylic acids is 1. The fourth-order valence-electron chi connectivity index (χ4n) is 5.74. The highest BCUT2D eigenvalue weighted by atomic mass is 19.1. The van der Waals surface area contributed by atoms with E-state index in [-0.39, 0.29) is 23.7 Å². The highest BCUT2D eigenvalue weighted by molar-refractivity contribution is 5.82. The van der Waals surface area contributed by atoms with Crippen LogP contribution in [-0.2, 0) is 11.2 Å². The Morgan fingerprint density at radius 2 is 1.85 bits per heavy atom. The molecule has 2 atom stereocenters. The van der Waals surface area contributed by atoms with Gasteiger partial charge in [-0.25, -0.2) is 4.39 Å². The Bertz CT molecular complexity index is 993. The van der Waals surface area contributed by atoms with Crippen LogP contribution in [0.15, 0.2) is 42.5 Å². The summed E-state index contributed by atoms with van der Waals surface area (Å²) in [6, 6.07) is 12.9. The van der Waals surface area contributed by atoms with Crippen molar-refractivity contribution in [2.75, 3.05) is 62.7 Å². The number of benzene rings is 2. The molecule has 0 radical (unpaired) electrons. The summed E-state index contributed by atoms with van der Waals surface area (Å²) < 4.78 is 19.0. The fourth-order valence-corrected chi connectivity index (χ4v) is 5.74. The molecule has 3 aliphatic rings. The van der Waals surface area contributed by atoms with E-state index in [1.807, 2.05) is 18.2 Å². The number of piperidine rings is 1. The fraction of sp³-hybridized carbons (Fsp3) is 0.519. The zero-order chi connectivity index (χ0) is 23.5. The van der Waals surface area contributed by atoms with Crippen molar-refractivity contribution in [3.63, 3.8) is 0 Å². The van der Waals surface area contributed by atoms with E-state index < -0.39 is 0 Å². The van der Waals surface area contributed by atoms with Gasteiger partial charge in [0, 0.05) is 50.2 Å². The maximum absolute atomic E-state index is 13.5. The largest absolute Gasteiger partial charge is 0.497 e. The van der Waals surface area contributed by atoms with Gasteiger partial charge in [-0.15, -0.1) is 0 Å². The lowest BCUT2D eigenvalue weighted by Gasteiger charge is -2.49. The number of piperazine rings is 1. The monoisotopic (exact) mass is 466 g/mol. The van der Waals surface area contributed by atoms with Crippen LogP contribution in [0, 0.1) is 11.7 Å². The number of methoxy groups -OCH3 is 1. The number of rotatable bonds is 6. The summed E-state index contributed by atoms with van der Waals surface area (Å²) in [6.45, 7) is 6.24. The lowest BCUT2D eigenvalue weighted by molar-refractivity contribution is -0.125. The standard InChI is InChI=1S/C27H35FN4O2/c1-34-23-10-5-20-17-24(27(33)29-11-14-30-12-3-2-4-13-30)26-19-31(15-16-32(26)25(20)18-23)22-8-6-21(28)7-9-22/h5-10,18,24,26H,2-4,11-17,19H2,1H3,(H,29,33)/t24-,26-/m1/s1. The Balaban J connectivity index is 1.34. The molecule has 3 heterocycles. The van der Waals surface area contributed by atoms with Crippen molar-refractivity contribution in [1.29, 1.82) is 0 Å². The molecule has 0 aliphatic carbocycles. The molecular formula is C27H35FN4O2. The van der Waals surface area contributed by atoms with Crippen LogP contribution in [0.25, 0.3) is 0 Å². The van der Waals surface area contributed by atoms with Gasteiger partial charge in [0.05, 0.1) is 19.1 Å². The predicted molar refractivity (Wildman–Crippen MR) is 133 cm³/mol. The van der Waals surface area contributed by atoms with Crippen LogP contribution in [-0.4, -0.2) is 69.8 Å². The van der Waals surface area contributed by atoms with Crippen molar-refractivity contribution in [2.24, 2.45) is 5.92 Å². The SMILES string of the molecule is COc1ccc2c(c1)N1CCN(c3ccc(F)cc3)C[C@@H]1[C@H](C(=O)NCCN1CCCCC1)C2. The van der Waals surface area contributed by atoms with E-state index in [9.17, 15) is 9.18 Å². The van der Waals surface area contributed by atoms with E-state index in [0.717, 1.165) is 50.7 Å². The number of hydrogen-bond acceptors (Lipinski definition) is 5. The third-order valence-electron chi connectivity index (χ3n) is 7.63. The lowest BCUT2D eigenvalue weighted by Crippen LogP contribution is -2.61. The van der Waals surface area contributed by atoms with Crippen LogP contribution >= 0.6 is 0 Å². The summed E-state index contributed by atoms with van der Waals surface area (Å²) in [5.74, 6) is 0.606. The van der Waals surface area contributed by atoms with Gasteiger partial charge >= 0.3 is 0 Å². The van der Waals surface area contributed by atoms with Gasteiger partial charge in [-0.1, -0.05) is 12.5 Å². The van der Waals surface area contributed by atoms with E-state index in [1.165, 1.54) is 42.6 Å². The molecule has 0 aromatic heterocycles. The van der Waals surface area contributed by atoms with Crippen molar-refractivity contribution in [2.45, 2.75) is 31.7 Å². The average Bonchev–Trinajstić information content (AvgIpc) is 2.88. The van der Waals surface area contributed by atoms with E-state index >= 15 is 0 Å². The first kappa shape index (κ1) is 23.0. The second kappa shape index (κ2) is 10.2. The van der Waals surface area contributed by atoms with Crippen molar-refractivity contribution in [3.8, 4) is 5.75 Å². The van der Waals surface area contributed by atoms with Gasteiger partial charge in [-0.05, 0) is 68.2 Å². The van der Waals surface area contributed by atoms with Crippen LogP contribution in [0.5, 0.6) is 5.75 Å². The Morgan fingerprint density at radius 1 is 1.06 bits per heavy atom. The van der Waals surface area contributed by atoms with Crippen molar-refractivity contribution >= 4 is 17.3 Å². The van der Waals surface area contributed by atoms with Crippen LogP contribution in [0.2, 0.25) is 0 Å². The molecule has 1 amide bonds. The third-order valence-corrected chi connectivity index (χ3v) is 7.63. The maximum atomic E-state index is 13.5. The molecule has 6 nitrogen and oxygen atoms in total. The van der Waals surface area contributed by atoms with E-state index in [1.54, 1.807) is 7.11 Å². The first-order valence-electron chi connectivity index (χ1n) is 12.6. The van der Waals surface area contributed by atoms with E-state index in [0.29, 0.717) is 13.0 Å². The lowest BCUT2D eigenvalue weighted by atomic mass is 9.83. The van der Waals surface area contributed by atoms with Gasteiger partial charge < -0.3 is 24.8 Å². The summed E-state index contributed by atoms with van der Waals surface area (Å²) in [5, 5.41) is 3.25. The first-order chi connectivity index (χ1) is 16.6. The molecule has 0 spiro atoms. The molecule has 2 fully saturated rings.